The van der Waals surface area contributed by atoms with E-state index in [-0.39, 0.29) is 11.6 Å². The Kier molecular flexibility index (Phi) is 7.82. The highest BCUT2D eigenvalue weighted by molar-refractivity contribution is 7.98. The van der Waals surface area contributed by atoms with Crippen molar-refractivity contribution in [3.05, 3.63) is 87.7 Å². The molecule has 34 heavy (non-hydrogen) atoms. The van der Waals surface area contributed by atoms with E-state index in [0.29, 0.717) is 33.5 Å². The van der Waals surface area contributed by atoms with Crippen molar-refractivity contribution >= 4 is 40.4 Å². The van der Waals surface area contributed by atoms with Crippen molar-refractivity contribution in [3.8, 4) is 33.6 Å². The first kappa shape index (κ1) is 23.8. The molecular formula is C26H19ClN4OS2. The van der Waals surface area contributed by atoms with Crippen LogP contribution in [0.3, 0.4) is 0 Å². The number of nitriles is 1. The third-order valence-corrected chi connectivity index (χ3v) is 7.04. The van der Waals surface area contributed by atoms with Crippen LogP contribution in [0.2, 0.25) is 5.02 Å². The highest BCUT2D eigenvalue weighted by Crippen LogP contribution is 2.44. The van der Waals surface area contributed by atoms with E-state index in [1.165, 1.54) is 11.8 Å². The molecule has 168 valence electrons. The number of aromatic nitrogens is 2. The molecule has 0 saturated heterocycles. The molecule has 2 aromatic carbocycles. The Morgan fingerprint density at radius 3 is 2.56 bits per heavy atom. The van der Waals surface area contributed by atoms with Crippen LogP contribution in [0.15, 0.2) is 65.0 Å². The average Bonchev–Trinajstić information content (AvgIpc) is 3.35. The molecule has 0 aliphatic heterocycles. The Hall–Kier alpha value is -3.36. The van der Waals surface area contributed by atoms with Crippen LogP contribution in [-0.4, -0.2) is 16.6 Å². The van der Waals surface area contributed by atoms with Gasteiger partial charge in [-0.15, -0.1) is 11.3 Å². The van der Waals surface area contributed by atoms with Crippen LogP contribution in [-0.2, 0) is 5.75 Å². The molecule has 0 atom stereocenters. The Labute approximate surface area is 211 Å². The van der Waals surface area contributed by atoms with E-state index in [4.69, 9.17) is 27.9 Å². The molecule has 5 nitrogen and oxygen atoms in total. The number of benzene rings is 2. The standard InChI is InChI=1S/C26H19ClN4OS2/c1-3-13-32-24-23(29-2)22(17-7-5-4-6-8-17)21(14-28)26(31-24)34-16-20-15-33-25(30-20)18-9-11-19(27)12-10-18/h4-12,15H,3,13,16H2,1H3. The molecular weight excluding hydrogens is 484 g/mol. The third kappa shape index (κ3) is 5.24. The molecule has 0 aliphatic rings. The molecule has 2 heterocycles. The van der Waals surface area contributed by atoms with Gasteiger partial charge in [-0.3, -0.25) is 0 Å². The molecule has 0 amide bonds. The fraction of sp³-hybridized carbons (Fsp3) is 0.154. The van der Waals surface area contributed by atoms with E-state index < -0.39 is 0 Å². The molecule has 0 aliphatic carbocycles. The normalized spacial score (nSPS) is 10.5. The van der Waals surface area contributed by atoms with Gasteiger partial charge in [0, 0.05) is 27.3 Å². The maximum atomic E-state index is 10.0. The van der Waals surface area contributed by atoms with Crippen molar-refractivity contribution in [2.45, 2.75) is 24.1 Å². The number of hydrogen-bond donors (Lipinski definition) is 0. The van der Waals surface area contributed by atoms with Gasteiger partial charge in [-0.2, -0.15) is 5.26 Å². The fourth-order valence-corrected chi connectivity index (χ4v) is 5.20. The van der Waals surface area contributed by atoms with Gasteiger partial charge in [0.05, 0.1) is 24.4 Å². The molecule has 0 unspecified atom stereocenters. The van der Waals surface area contributed by atoms with Gasteiger partial charge in [0.25, 0.3) is 5.69 Å². The lowest BCUT2D eigenvalue weighted by molar-refractivity contribution is 0.305. The van der Waals surface area contributed by atoms with Gasteiger partial charge in [0.15, 0.2) is 0 Å². The number of hydrogen-bond acceptors (Lipinski definition) is 6. The Morgan fingerprint density at radius 1 is 1.12 bits per heavy atom. The molecule has 8 heteroatoms. The van der Waals surface area contributed by atoms with E-state index in [2.05, 4.69) is 15.9 Å². The summed E-state index contributed by atoms with van der Waals surface area (Å²) in [7, 11) is 0. The van der Waals surface area contributed by atoms with Gasteiger partial charge in [-0.25, -0.2) is 14.8 Å². The third-order valence-electron chi connectivity index (χ3n) is 4.83. The monoisotopic (exact) mass is 502 g/mol. The first-order valence-corrected chi connectivity index (χ1v) is 12.8. The number of rotatable bonds is 8. The predicted molar refractivity (Wildman–Crippen MR) is 139 cm³/mol. The van der Waals surface area contributed by atoms with Gasteiger partial charge >= 0.3 is 0 Å². The summed E-state index contributed by atoms with van der Waals surface area (Å²) in [6.07, 6.45) is 0.786. The van der Waals surface area contributed by atoms with Crippen molar-refractivity contribution in [1.82, 2.24) is 9.97 Å². The SMILES string of the molecule is [C-]#[N+]c1c(OCCC)nc(SCc2csc(-c3ccc(Cl)cc3)n2)c(C#N)c1-c1ccccc1. The highest BCUT2D eigenvalue weighted by Gasteiger charge is 2.23. The largest absolute Gasteiger partial charge is 0.486 e. The first-order valence-electron chi connectivity index (χ1n) is 10.5. The van der Waals surface area contributed by atoms with Crippen LogP contribution in [0.5, 0.6) is 5.88 Å². The van der Waals surface area contributed by atoms with Crippen molar-refractivity contribution in [1.29, 1.82) is 5.26 Å². The maximum absolute atomic E-state index is 10.0. The van der Waals surface area contributed by atoms with E-state index in [0.717, 1.165) is 28.2 Å². The molecule has 4 aromatic rings. The summed E-state index contributed by atoms with van der Waals surface area (Å²) < 4.78 is 5.83. The topological polar surface area (TPSA) is 63.2 Å². The zero-order valence-corrected chi connectivity index (χ0v) is 20.7. The predicted octanol–water partition coefficient (Wildman–Crippen LogP) is 8.03. The minimum Gasteiger partial charge on any atom is -0.486 e. The van der Waals surface area contributed by atoms with Gasteiger partial charge < -0.3 is 4.74 Å². The molecule has 0 bridgehead atoms. The number of thioether (sulfide) groups is 1. The van der Waals surface area contributed by atoms with E-state index >= 15 is 0 Å². The zero-order chi connectivity index (χ0) is 23.9. The lowest BCUT2D eigenvalue weighted by Crippen LogP contribution is -2.02. The Balaban J connectivity index is 1.69. The van der Waals surface area contributed by atoms with E-state index in [1.807, 2.05) is 66.9 Å². The summed E-state index contributed by atoms with van der Waals surface area (Å²) in [6.45, 7) is 10.2. The molecule has 0 saturated carbocycles. The fourth-order valence-electron chi connectivity index (χ4n) is 3.27. The summed E-state index contributed by atoms with van der Waals surface area (Å²) in [6, 6.07) is 19.3. The van der Waals surface area contributed by atoms with Crippen molar-refractivity contribution < 1.29 is 4.74 Å². The first-order chi connectivity index (χ1) is 16.6. The van der Waals surface area contributed by atoms with Crippen LogP contribution in [0, 0.1) is 17.9 Å². The van der Waals surface area contributed by atoms with Crippen LogP contribution < -0.4 is 4.74 Å². The number of ether oxygens (including phenoxy) is 1. The molecule has 4 rings (SSSR count). The minimum absolute atomic E-state index is 0.261. The minimum atomic E-state index is 0.261. The second-order valence-electron chi connectivity index (χ2n) is 7.20. The number of pyridine rings is 1. The zero-order valence-electron chi connectivity index (χ0n) is 18.3. The molecule has 0 N–H and O–H groups in total. The van der Waals surface area contributed by atoms with E-state index in [1.54, 1.807) is 11.3 Å². The quantitative estimate of drug-likeness (QED) is 0.180. The number of halogens is 1. The lowest BCUT2D eigenvalue weighted by atomic mass is 10.0. The van der Waals surface area contributed by atoms with Crippen molar-refractivity contribution in [2.75, 3.05) is 6.61 Å². The summed E-state index contributed by atoms with van der Waals surface area (Å²) in [5.74, 6) is 0.794. The Bertz CT molecular complexity index is 1370. The molecule has 0 spiro atoms. The summed E-state index contributed by atoms with van der Waals surface area (Å²) in [5, 5.41) is 14.2. The van der Waals surface area contributed by atoms with Crippen LogP contribution in [0.1, 0.15) is 24.6 Å². The Morgan fingerprint density at radius 2 is 1.88 bits per heavy atom. The van der Waals surface area contributed by atoms with Crippen LogP contribution in [0.4, 0.5) is 5.69 Å². The lowest BCUT2D eigenvalue weighted by Gasteiger charge is -2.15. The van der Waals surface area contributed by atoms with E-state index in [9.17, 15) is 5.26 Å². The number of nitrogens with zero attached hydrogens (tertiary/aromatic N) is 4. The second kappa shape index (κ2) is 11.2. The van der Waals surface area contributed by atoms with Gasteiger partial charge in [-0.1, -0.05) is 72.8 Å². The van der Waals surface area contributed by atoms with Crippen molar-refractivity contribution in [2.24, 2.45) is 0 Å². The summed E-state index contributed by atoms with van der Waals surface area (Å²) in [4.78, 5) is 13.0. The van der Waals surface area contributed by atoms with Crippen molar-refractivity contribution in [3.63, 3.8) is 0 Å². The smallest absolute Gasteiger partial charge is 0.256 e. The molecule has 2 aromatic heterocycles. The number of thiazole rings is 1. The molecule has 0 fully saturated rings. The van der Waals surface area contributed by atoms with Crippen LogP contribution in [0.25, 0.3) is 26.5 Å². The highest BCUT2D eigenvalue weighted by atomic mass is 35.5. The maximum Gasteiger partial charge on any atom is 0.256 e. The average molecular weight is 503 g/mol. The van der Waals surface area contributed by atoms with Crippen LogP contribution >= 0.6 is 34.7 Å². The summed E-state index contributed by atoms with van der Waals surface area (Å²) in [5.41, 5.74) is 3.87. The molecule has 0 radical (unpaired) electrons. The van der Waals surface area contributed by atoms with Gasteiger partial charge in [0.1, 0.15) is 16.1 Å². The van der Waals surface area contributed by atoms with Gasteiger partial charge in [-0.05, 0) is 24.1 Å². The summed E-state index contributed by atoms with van der Waals surface area (Å²) >= 11 is 8.97. The second-order valence-corrected chi connectivity index (χ2v) is 9.46. The van der Waals surface area contributed by atoms with Gasteiger partial charge in [0.2, 0.25) is 5.88 Å².